The van der Waals surface area contributed by atoms with Gasteiger partial charge in [-0.05, 0) is 42.9 Å². The molecule has 2 aromatic heterocycles. The number of nitrogens with one attached hydrogen (secondary N) is 1. The highest BCUT2D eigenvalue weighted by molar-refractivity contribution is 7.21. The van der Waals surface area contributed by atoms with Crippen LogP contribution in [0.25, 0.3) is 20.7 Å². The van der Waals surface area contributed by atoms with E-state index in [0.717, 1.165) is 42.2 Å². The van der Waals surface area contributed by atoms with Crippen molar-refractivity contribution < 1.29 is 9.53 Å². The van der Waals surface area contributed by atoms with Crippen LogP contribution in [0.1, 0.15) is 0 Å². The SMILES string of the molecule is COc1ccccc1NC(=O)N1CCN(c2ncnc3sc(-c4ccc(N5CCN(C)CC5)cc4)cc23)CC1. The molecule has 0 saturated carbocycles. The van der Waals surface area contributed by atoms with Crippen molar-refractivity contribution in [3.63, 3.8) is 0 Å². The number of rotatable bonds is 5. The molecule has 202 valence electrons. The predicted octanol–water partition coefficient (Wildman–Crippen LogP) is 4.47. The number of anilines is 3. The minimum atomic E-state index is -0.121. The smallest absolute Gasteiger partial charge is 0.322 e. The predicted molar refractivity (Wildman–Crippen MR) is 158 cm³/mol. The second kappa shape index (κ2) is 11.1. The topological polar surface area (TPSA) is 77.1 Å². The van der Waals surface area contributed by atoms with Gasteiger partial charge in [-0.1, -0.05) is 24.3 Å². The van der Waals surface area contributed by atoms with Crippen molar-refractivity contribution in [2.45, 2.75) is 0 Å². The number of carbonyl (C=O) groups excluding carboxylic acids is 1. The second-order valence-corrected chi connectivity index (χ2v) is 11.0. The Morgan fingerprint density at radius 1 is 0.897 bits per heavy atom. The number of benzene rings is 2. The van der Waals surface area contributed by atoms with E-state index in [1.54, 1.807) is 24.8 Å². The maximum atomic E-state index is 12.9. The van der Waals surface area contributed by atoms with Gasteiger partial charge < -0.3 is 29.7 Å². The number of nitrogens with zero attached hydrogens (tertiary/aromatic N) is 6. The standard InChI is InChI=1S/C29H33N7O2S/c1-33-11-13-34(14-12-33)22-9-7-21(8-10-22)26-19-23-27(30-20-31-28(23)39-26)35-15-17-36(18-16-35)29(37)32-24-5-3-4-6-25(24)38-2/h3-10,19-20H,11-18H2,1-2H3,(H,32,37). The highest BCUT2D eigenvalue weighted by Crippen LogP contribution is 2.37. The maximum Gasteiger partial charge on any atom is 0.322 e. The second-order valence-electron chi connectivity index (χ2n) is 9.97. The number of carbonyl (C=O) groups is 1. The summed E-state index contributed by atoms with van der Waals surface area (Å²) < 4.78 is 5.36. The van der Waals surface area contributed by atoms with Gasteiger partial charge in [0.25, 0.3) is 0 Å². The molecule has 4 aromatic rings. The van der Waals surface area contributed by atoms with E-state index in [1.807, 2.05) is 29.2 Å². The van der Waals surface area contributed by atoms with Gasteiger partial charge in [-0.15, -0.1) is 11.3 Å². The van der Waals surface area contributed by atoms with Crippen LogP contribution in [0, 0.1) is 0 Å². The molecule has 0 unspecified atom stereocenters. The summed E-state index contributed by atoms with van der Waals surface area (Å²) in [6.07, 6.45) is 1.65. The quantitative estimate of drug-likeness (QED) is 0.398. The van der Waals surface area contributed by atoms with Crippen molar-refractivity contribution in [3.8, 4) is 16.2 Å². The number of methoxy groups -OCH3 is 1. The first-order valence-corrected chi connectivity index (χ1v) is 14.1. The molecular weight excluding hydrogens is 510 g/mol. The normalized spacial score (nSPS) is 16.5. The zero-order chi connectivity index (χ0) is 26.8. The van der Waals surface area contributed by atoms with Crippen LogP contribution in [0.2, 0.25) is 0 Å². The van der Waals surface area contributed by atoms with Gasteiger partial charge in [0.1, 0.15) is 22.7 Å². The molecule has 9 nitrogen and oxygen atoms in total. The molecule has 4 heterocycles. The van der Waals surface area contributed by atoms with E-state index < -0.39 is 0 Å². The molecule has 6 rings (SSSR count). The maximum absolute atomic E-state index is 12.9. The van der Waals surface area contributed by atoms with E-state index in [1.165, 1.54) is 16.1 Å². The van der Waals surface area contributed by atoms with Crippen LogP contribution in [-0.4, -0.2) is 92.3 Å². The number of hydrogen-bond donors (Lipinski definition) is 1. The van der Waals surface area contributed by atoms with Gasteiger partial charge in [-0.25, -0.2) is 14.8 Å². The van der Waals surface area contributed by atoms with Crippen molar-refractivity contribution >= 4 is 44.8 Å². The van der Waals surface area contributed by atoms with Crippen LogP contribution in [0.5, 0.6) is 5.75 Å². The first-order valence-electron chi connectivity index (χ1n) is 13.3. The van der Waals surface area contributed by atoms with E-state index in [2.05, 4.69) is 67.4 Å². The van der Waals surface area contributed by atoms with Crippen molar-refractivity contribution in [1.82, 2.24) is 19.8 Å². The Bertz CT molecular complexity index is 1440. The van der Waals surface area contributed by atoms with Crippen LogP contribution in [0.4, 0.5) is 22.0 Å². The number of fused-ring (bicyclic) bond motifs is 1. The summed E-state index contributed by atoms with van der Waals surface area (Å²) in [6.45, 7) is 6.95. The molecule has 2 aliphatic rings. The summed E-state index contributed by atoms with van der Waals surface area (Å²) in [5, 5.41) is 4.04. The fourth-order valence-electron chi connectivity index (χ4n) is 5.20. The third-order valence-corrected chi connectivity index (χ3v) is 8.64. The van der Waals surface area contributed by atoms with Crippen molar-refractivity contribution in [2.24, 2.45) is 0 Å². The molecule has 0 aliphatic carbocycles. The van der Waals surface area contributed by atoms with E-state index in [4.69, 9.17) is 4.74 Å². The number of amides is 2. The van der Waals surface area contributed by atoms with Crippen LogP contribution in [-0.2, 0) is 0 Å². The van der Waals surface area contributed by atoms with Crippen molar-refractivity contribution in [1.29, 1.82) is 0 Å². The number of thiophene rings is 1. The summed E-state index contributed by atoms with van der Waals surface area (Å²) in [6, 6.07) is 18.4. The first kappa shape index (κ1) is 25.4. The Morgan fingerprint density at radius 3 is 2.36 bits per heavy atom. The van der Waals surface area contributed by atoms with Crippen LogP contribution in [0.3, 0.4) is 0 Å². The summed E-state index contributed by atoms with van der Waals surface area (Å²) >= 11 is 1.70. The molecule has 2 amide bonds. The number of hydrogen-bond acceptors (Lipinski definition) is 8. The molecule has 0 bridgehead atoms. The van der Waals surface area contributed by atoms with Crippen LogP contribution in [0.15, 0.2) is 60.9 Å². The van der Waals surface area contributed by atoms with E-state index in [0.29, 0.717) is 37.6 Å². The summed E-state index contributed by atoms with van der Waals surface area (Å²) in [5.74, 6) is 1.58. The minimum Gasteiger partial charge on any atom is -0.495 e. The molecule has 2 saturated heterocycles. The molecule has 0 radical (unpaired) electrons. The molecule has 39 heavy (non-hydrogen) atoms. The number of ether oxygens (including phenoxy) is 1. The number of urea groups is 1. The molecule has 2 aromatic carbocycles. The average molecular weight is 544 g/mol. The highest BCUT2D eigenvalue weighted by atomic mass is 32.1. The van der Waals surface area contributed by atoms with E-state index in [-0.39, 0.29) is 6.03 Å². The lowest BCUT2D eigenvalue weighted by molar-refractivity contribution is 0.208. The lowest BCUT2D eigenvalue weighted by atomic mass is 10.1. The molecule has 2 fully saturated rings. The summed E-state index contributed by atoms with van der Waals surface area (Å²) in [5.41, 5.74) is 3.15. The lowest BCUT2D eigenvalue weighted by Crippen LogP contribution is -2.50. The van der Waals surface area contributed by atoms with Crippen molar-refractivity contribution in [3.05, 3.63) is 60.9 Å². The third kappa shape index (κ3) is 5.35. The lowest BCUT2D eigenvalue weighted by Gasteiger charge is -2.35. The zero-order valence-corrected chi connectivity index (χ0v) is 23.2. The van der Waals surface area contributed by atoms with E-state index in [9.17, 15) is 4.79 Å². The largest absolute Gasteiger partial charge is 0.495 e. The van der Waals surface area contributed by atoms with Gasteiger partial charge in [0, 0.05) is 62.9 Å². The highest BCUT2D eigenvalue weighted by Gasteiger charge is 2.24. The van der Waals surface area contributed by atoms with E-state index >= 15 is 0 Å². The van der Waals surface area contributed by atoms with Crippen LogP contribution < -0.4 is 19.9 Å². The van der Waals surface area contributed by atoms with Gasteiger partial charge in [0.05, 0.1) is 18.2 Å². The average Bonchev–Trinajstić information content (AvgIpc) is 3.43. The van der Waals surface area contributed by atoms with Gasteiger partial charge in [0.15, 0.2) is 0 Å². The zero-order valence-electron chi connectivity index (χ0n) is 22.3. The first-order chi connectivity index (χ1) is 19.1. The number of aromatic nitrogens is 2. The molecule has 2 aliphatic heterocycles. The molecule has 10 heteroatoms. The Labute approximate surface area is 232 Å². The van der Waals surface area contributed by atoms with Gasteiger partial charge >= 0.3 is 6.03 Å². The van der Waals surface area contributed by atoms with Crippen molar-refractivity contribution in [2.75, 3.05) is 81.6 Å². The number of piperazine rings is 2. The van der Waals surface area contributed by atoms with Gasteiger partial charge in [-0.2, -0.15) is 0 Å². The third-order valence-electron chi connectivity index (χ3n) is 7.54. The Hall–Kier alpha value is -3.89. The Morgan fingerprint density at radius 2 is 1.62 bits per heavy atom. The summed E-state index contributed by atoms with van der Waals surface area (Å²) in [7, 11) is 3.78. The molecule has 1 N–H and O–H groups in total. The minimum absolute atomic E-state index is 0.121. The number of para-hydroxylation sites is 2. The van der Waals surface area contributed by atoms with Gasteiger partial charge in [-0.3, -0.25) is 0 Å². The Kier molecular flexibility index (Phi) is 7.21. The monoisotopic (exact) mass is 543 g/mol. The molecule has 0 spiro atoms. The van der Waals surface area contributed by atoms with Gasteiger partial charge in [0.2, 0.25) is 0 Å². The number of likely N-dealkylation sites (N-methyl/N-ethyl adjacent to an activating group) is 1. The fraction of sp³-hybridized carbons (Fsp3) is 0.345. The summed E-state index contributed by atoms with van der Waals surface area (Å²) in [4.78, 5) is 33.2. The molecular formula is C29H33N7O2S. The van der Waals surface area contributed by atoms with Crippen LogP contribution >= 0.6 is 11.3 Å². The molecule has 0 atom stereocenters. The Balaban J connectivity index is 1.13. The fourth-order valence-corrected chi connectivity index (χ4v) is 6.20.